The summed E-state index contributed by atoms with van der Waals surface area (Å²) in [5, 5.41) is 12.0. The average Bonchev–Trinajstić information content (AvgIpc) is 2.35. The van der Waals surface area contributed by atoms with Gasteiger partial charge in [0, 0.05) is 18.7 Å². The summed E-state index contributed by atoms with van der Waals surface area (Å²) in [6.45, 7) is 11.1. The van der Waals surface area contributed by atoms with Gasteiger partial charge in [-0.15, -0.1) is 0 Å². The number of hydrogen-bond donors (Lipinski definition) is 2. The van der Waals surface area contributed by atoms with Crippen molar-refractivity contribution in [3.05, 3.63) is 35.4 Å². The zero-order chi connectivity index (χ0) is 15.4. The number of carbonyl (C=O) groups excluding carboxylic acids is 1. The number of benzene rings is 1. The first-order chi connectivity index (χ1) is 9.17. The van der Waals surface area contributed by atoms with Gasteiger partial charge in [0.15, 0.2) is 0 Å². The summed E-state index contributed by atoms with van der Waals surface area (Å²) < 4.78 is 0. The van der Waals surface area contributed by atoms with Crippen LogP contribution in [0.1, 0.15) is 57.0 Å². The lowest BCUT2D eigenvalue weighted by Gasteiger charge is -2.26. The molecule has 20 heavy (non-hydrogen) atoms. The second kappa shape index (κ2) is 6.40. The third-order valence-corrected chi connectivity index (χ3v) is 3.50. The third-order valence-electron chi connectivity index (χ3n) is 3.50. The van der Waals surface area contributed by atoms with Crippen LogP contribution in [0.5, 0.6) is 0 Å². The van der Waals surface area contributed by atoms with Crippen molar-refractivity contribution >= 4 is 5.91 Å². The van der Waals surface area contributed by atoms with Crippen molar-refractivity contribution in [1.29, 1.82) is 0 Å². The maximum Gasteiger partial charge on any atom is 0.251 e. The van der Waals surface area contributed by atoms with Crippen LogP contribution in [0.2, 0.25) is 0 Å². The van der Waals surface area contributed by atoms with Gasteiger partial charge in [0.1, 0.15) is 0 Å². The molecule has 1 aromatic rings. The van der Waals surface area contributed by atoms with Crippen LogP contribution in [0.15, 0.2) is 24.3 Å². The van der Waals surface area contributed by atoms with Crippen LogP contribution >= 0.6 is 0 Å². The average molecular weight is 277 g/mol. The van der Waals surface area contributed by atoms with Gasteiger partial charge in [-0.2, -0.15) is 0 Å². The van der Waals surface area contributed by atoms with Gasteiger partial charge in [0.05, 0.1) is 0 Å². The first-order valence-corrected chi connectivity index (χ1v) is 7.16. The van der Waals surface area contributed by atoms with Gasteiger partial charge in [-0.1, -0.05) is 52.8 Å². The summed E-state index contributed by atoms with van der Waals surface area (Å²) in [6.07, 6.45) is 0.675. The molecular weight excluding hydrogens is 250 g/mol. The summed E-state index contributed by atoms with van der Waals surface area (Å²) >= 11 is 0. The minimum absolute atomic E-state index is 0.0402. The van der Waals surface area contributed by atoms with E-state index >= 15 is 0 Å². The standard InChI is InChI=1S/C17H27NO2/c1-16(2,3)14-9-7-6-8-13(14)15(20)18-12-17(4,5)10-11-19/h6-9,19H,10-12H2,1-5H3,(H,18,20). The molecule has 1 rings (SSSR count). The second-order valence-electron chi connectivity index (χ2n) is 7.12. The molecule has 0 aliphatic heterocycles. The zero-order valence-corrected chi connectivity index (χ0v) is 13.3. The van der Waals surface area contributed by atoms with E-state index in [-0.39, 0.29) is 23.3 Å². The molecule has 1 aromatic carbocycles. The molecule has 0 aromatic heterocycles. The Labute approximate surface area is 122 Å². The van der Waals surface area contributed by atoms with Crippen molar-refractivity contribution in [2.45, 2.75) is 46.5 Å². The maximum absolute atomic E-state index is 12.4. The number of amides is 1. The number of hydrogen-bond acceptors (Lipinski definition) is 2. The Morgan fingerprint density at radius 1 is 1.15 bits per heavy atom. The lowest BCUT2D eigenvalue weighted by Crippen LogP contribution is -2.35. The summed E-state index contributed by atoms with van der Waals surface area (Å²) in [5.74, 6) is -0.0402. The van der Waals surface area contributed by atoms with Crippen LogP contribution in [-0.2, 0) is 5.41 Å². The maximum atomic E-state index is 12.4. The molecule has 2 N–H and O–H groups in total. The first kappa shape index (κ1) is 16.7. The van der Waals surface area contributed by atoms with E-state index in [1.807, 2.05) is 38.1 Å². The molecule has 3 heteroatoms. The van der Waals surface area contributed by atoms with Crippen LogP contribution in [0, 0.1) is 5.41 Å². The summed E-state index contributed by atoms with van der Waals surface area (Å²) in [4.78, 5) is 12.4. The molecule has 0 fully saturated rings. The fraction of sp³-hybridized carbons (Fsp3) is 0.588. The van der Waals surface area contributed by atoms with E-state index in [0.717, 1.165) is 11.1 Å². The Balaban J connectivity index is 2.84. The van der Waals surface area contributed by atoms with Crippen molar-refractivity contribution in [2.24, 2.45) is 5.41 Å². The number of aliphatic hydroxyl groups excluding tert-OH is 1. The second-order valence-corrected chi connectivity index (χ2v) is 7.12. The van der Waals surface area contributed by atoms with Crippen molar-refractivity contribution in [3.63, 3.8) is 0 Å². The highest BCUT2D eigenvalue weighted by molar-refractivity contribution is 5.96. The van der Waals surface area contributed by atoms with Crippen molar-refractivity contribution < 1.29 is 9.90 Å². The minimum Gasteiger partial charge on any atom is -0.396 e. The largest absolute Gasteiger partial charge is 0.396 e. The predicted molar refractivity (Wildman–Crippen MR) is 83.0 cm³/mol. The quantitative estimate of drug-likeness (QED) is 0.868. The van der Waals surface area contributed by atoms with E-state index < -0.39 is 0 Å². The third kappa shape index (κ3) is 4.64. The summed E-state index contributed by atoms with van der Waals surface area (Å²) in [6, 6.07) is 7.73. The molecule has 0 radical (unpaired) electrons. The van der Waals surface area contributed by atoms with E-state index in [4.69, 9.17) is 5.11 Å². The van der Waals surface area contributed by atoms with Gasteiger partial charge >= 0.3 is 0 Å². The highest BCUT2D eigenvalue weighted by Gasteiger charge is 2.23. The lowest BCUT2D eigenvalue weighted by molar-refractivity contribution is 0.0926. The van der Waals surface area contributed by atoms with E-state index in [1.165, 1.54) is 0 Å². The van der Waals surface area contributed by atoms with E-state index in [1.54, 1.807) is 0 Å². The number of aliphatic hydroxyl groups is 1. The summed E-state index contributed by atoms with van der Waals surface area (Å²) in [7, 11) is 0. The van der Waals surface area contributed by atoms with E-state index in [9.17, 15) is 4.79 Å². The smallest absolute Gasteiger partial charge is 0.251 e. The number of nitrogens with one attached hydrogen (secondary N) is 1. The van der Waals surface area contributed by atoms with Crippen molar-refractivity contribution in [1.82, 2.24) is 5.32 Å². The Morgan fingerprint density at radius 2 is 1.75 bits per heavy atom. The minimum atomic E-state index is -0.0961. The topological polar surface area (TPSA) is 49.3 Å². The molecule has 0 bridgehead atoms. The van der Waals surface area contributed by atoms with Crippen molar-refractivity contribution in [3.8, 4) is 0 Å². The lowest BCUT2D eigenvalue weighted by atomic mass is 9.83. The molecule has 0 aliphatic rings. The molecule has 112 valence electrons. The SMILES string of the molecule is CC(C)(CCO)CNC(=O)c1ccccc1C(C)(C)C. The highest BCUT2D eigenvalue weighted by atomic mass is 16.3. The fourth-order valence-corrected chi connectivity index (χ4v) is 2.14. The number of rotatable bonds is 5. The van der Waals surface area contributed by atoms with Crippen LogP contribution in [-0.4, -0.2) is 24.2 Å². The Hall–Kier alpha value is -1.35. The molecule has 0 saturated heterocycles. The molecule has 0 atom stereocenters. The molecular formula is C17H27NO2. The molecule has 0 saturated carbocycles. The van der Waals surface area contributed by atoms with Gasteiger partial charge in [-0.3, -0.25) is 4.79 Å². The molecule has 3 nitrogen and oxygen atoms in total. The van der Waals surface area contributed by atoms with Gasteiger partial charge in [0.25, 0.3) is 5.91 Å². The van der Waals surface area contributed by atoms with Gasteiger partial charge in [-0.25, -0.2) is 0 Å². The fourth-order valence-electron chi connectivity index (χ4n) is 2.14. The van der Waals surface area contributed by atoms with E-state index in [2.05, 4.69) is 26.1 Å². The predicted octanol–water partition coefficient (Wildman–Crippen LogP) is 3.12. The van der Waals surface area contributed by atoms with Crippen LogP contribution in [0.4, 0.5) is 0 Å². The Kier molecular flexibility index (Phi) is 5.35. The molecule has 0 heterocycles. The van der Waals surface area contributed by atoms with Gasteiger partial charge in [0.2, 0.25) is 0 Å². The summed E-state index contributed by atoms with van der Waals surface area (Å²) in [5.41, 5.74) is 1.63. The molecule has 0 unspecified atom stereocenters. The Morgan fingerprint density at radius 3 is 2.30 bits per heavy atom. The first-order valence-electron chi connectivity index (χ1n) is 7.16. The van der Waals surface area contributed by atoms with Crippen LogP contribution in [0.25, 0.3) is 0 Å². The van der Waals surface area contributed by atoms with Gasteiger partial charge in [-0.05, 0) is 28.9 Å². The molecule has 0 spiro atoms. The van der Waals surface area contributed by atoms with E-state index in [0.29, 0.717) is 13.0 Å². The normalized spacial score (nSPS) is 12.3. The van der Waals surface area contributed by atoms with Gasteiger partial charge < -0.3 is 10.4 Å². The Bertz CT molecular complexity index is 458. The molecule has 0 aliphatic carbocycles. The molecule has 1 amide bonds. The zero-order valence-electron chi connectivity index (χ0n) is 13.3. The van der Waals surface area contributed by atoms with Crippen molar-refractivity contribution in [2.75, 3.05) is 13.2 Å². The number of carbonyl (C=O) groups is 1. The monoisotopic (exact) mass is 277 g/mol. The van der Waals surface area contributed by atoms with Crippen LogP contribution in [0.3, 0.4) is 0 Å². The highest BCUT2D eigenvalue weighted by Crippen LogP contribution is 2.26. The van der Waals surface area contributed by atoms with Crippen LogP contribution < -0.4 is 5.32 Å².